The summed E-state index contributed by atoms with van der Waals surface area (Å²) in [5, 5.41) is 9.25. The van der Waals surface area contributed by atoms with Crippen molar-refractivity contribution in [1.29, 1.82) is 0 Å². The van der Waals surface area contributed by atoms with Crippen LogP contribution in [0.4, 0.5) is 0 Å². The van der Waals surface area contributed by atoms with E-state index in [0.29, 0.717) is 11.3 Å². The quantitative estimate of drug-likeness (QED) is 0.913. The van der Waals surface area contributed by atoms with E-state index in [2.05, 4.69) is 9.71 Å². The van der Waals surface area contributed by atoms with Crippen LogP contribution < -0.4 is 4.72 Å². The minimum atomic E-state index is -3.58. The van der Waals surface area contributed by atoms with E-state index in [-0.39, 0.29) is 10.6 Å². The maximum atomic E-state index is 12.3. The first-order valence-electron chi connectivity index (χ1n) is 6.47. The Morgan fingerprint density at radius 2 is 1.86 bits per heavy atom. The van der Waals surface area contributed by atoms with Crippen LogP contribution >= 0.6 is 0 Å². The highest BCUT2D eigenvalue weighted by molar-refractivity contribution is 7.89. The second-order valence-corrected chi connectivity index (χ2v) is 7.47. The lowest BCUT2D eigenvalue weighted by molar-refractivity contribution is 0.473. The number of nitrogens with zero attached hydrogens (tertiary/aromatic N) is 1. The summed E-state index contributed by atoms with van der Waals surface area (Å²) in [5.74, 6) is 0.0666. The first-order valence-corrected chi connectivity index (χ1v) is 7.95. The Kier molecular flexibility index (Phi) is 4.02. The van der Waals surface area contributed by atoms with E-state index in [0.717, 1.165) is 0 Å². The summed E-state index contributed by atoms with van der Waals surface area (Å²) < 4.78 is 27.2. The molecule has 0 atom stereocenters. The summed E-state index contributed by atoms with van der Waals surface area (Å²) in [6, 6.07) is 9.69. The topological polar surface area (TPSA) is 79.3 Å². The van der Waals surface area contributed by atoms with Gasteiger partial charge in [0, 0.05) is 11.1 Å². The van der Waals surface area contributed by atoms with Crippen LogP contribution in [0.2, 0.25) is 0 Å². The van der Waals surface area contributed by atoms with E-state index < -0.39 is 15.6 Å². The van der Waals surface area contributed by atoms with Gasteiger partial charge in [-0.2, -0.15) is 0 Å². The molecule has 0 radical (unpaired) electrons. The van der Waals surface area contributed by atoms with Crippen LogP contribution in [0.15, 0.2) is 47.5 Å². The molecule has 1 heterocycles. The van der Waals surface area contributed by atoms with Gasteiger partial charge >= 0.3 is 0 Å². The molecule has 0 aliphatic heterocycles. The fourth-order valence-electron chi connectivity index (χ4n) is 1.84. The molecule has 0 saturated carbocycles. The van der Waals surface area contributed by atoms with Crippen LogP contribution in [0.5, 0.6) is 5.75 Å². The number of aromatic nitrogens is 1. The molecular formula is C15H18N2O3S. The van der Waals surface area contributed by atoms with Crippen LogP contribution in [-0.2, 0) is 10.0 Å². The minimum Gasteiger partial charge on any atom is -0.506 e. The van der Waals surface area contributed by atoms with Crippen molar-refractivity contribution in [3.63, 3.8) is 0 Å². The fourth-order valence-corrected chi connectivity index (χ4v) is 3.31. The molecule has 1 aromatic carbocycles. The number of hydrogen-bond acceptors (Lipinski definition) is 4. The Balaban J connectivity index is 2.40. The number of benzene rings is 1. The Labute approximate surface area is 124 Å². The van der Waals surface area contributed by atoms with Crippen molar-refractivity contribution in [3.8, 4) is 17.0 Å². The van der Waals surface area contributed by atoms with Gasteiger partial charge in [0.25, 0.3) is 0 Å². The number of pyridine rings is 1. The van der Waals surface area contributed by atoms with Gasteiger partial charge < -0.3 is 5.11 Å². The molecule has 0 bridgehead atoms. The first-order chi connectivity index (χ1) is 9.67. The molecule has 0 fully saturated rings. The number of rotatable bonds is 3. The highest BCUT2D eigenvalue weighted by Gasteiger charge is 2.22. The molecule has 0 aliphatic rings. The third-order valence-electron chi connectivity index (χ3n) is 2.63. The van der Waals surface area contributed by atoms with Crippen molar-refractivity contribution in [2.45, 2.75) is 31.2 Å². The number of hydrogen-bond donors (Lipinski definition) is 2. The van der Waals surface area contributed by atoms with Crippen molar-refractivity contribution >= 4 is 10.0 Å². The SMILES string of the molecule is CC(C)(C)NS(=O)(=O)c1cccc(-c2ccc(O)cn2)c1. The van der Waals surface area contributed by atoms with Gasteiger partial charge in [-0.15, -0.1) is 0 Å². The Hall–Kier alpha value is -1.92. The molecular weight excluding hydrogens is 288 g/mol. The van der Waals surface area contributed by atoms with Gasteiger partial charge in [0.1, 0.15) is 5.75 Å². The largest absolute Gasteiger partial charge is 0.506 e. The van der Waals surface area contributed by atoms with Crippen LogP contribution in [0.3, 0.4) is 0 Å². The normalized spacial score (nSPS) is 12.3. The standard InChI is InChI=1S/C15H18N2O3S/c1-15(2,3)17-21(19,20)13-6-4-5-11(9-13)14-8-7-12(18)10-16-14/h4-10,17-18H,1-3H3. The van der Waals surface area contributed by atoms with Gasteiger partial charge in [-0.1, -0.05) is 12.1 Å². The molecule has 0 aliphatic carbocycles. The van der Waals surface area contributed by atoms with E-state index >= 15 is 0 Å². The third kappa shape index (κ3) is 4.03. The Morgan fingerprint density at radius 3 is 2.43 bits per heavy atom. The number of aromatic hydroxyl groups is 1. The van der Waals surface area contributed by atoms with E-state index in [4.69, 9.17) is 0 Å². The summed E-state index contributed by atoms with van der Waals surface area (Å²) in [6.45, 7) is 5.36. The van der Waals surface area contributed by atoms with Crippen molar-refractivity contribution in [2.24, 2.45) is 0 Å². The van der Waals surface area contributed by atoms with E-state index in [1.807, 2.05) is 0 Å². The van der Waals surface area contributed by atoms with Gasteiger partial charge in [0.2, 0.25) is 10.0 Å². The van der Waals surface area contributed by atoms with Gasteiger partial charge in [0.15, 0.2) is 0 Å². The van der Waals surface area contributed by atoms with Crippen molar-refractivity contribution < 1.29 is 13.5 Å². The molecule has 21 heavy (non-hydrogen) atoms. The monoisotopic (exact) mass is 306 g/mol. The number of nitrogens with one attached hydrogen (secondary N) is 1. The average molecular weight is 306 g/mol. The summed E-state index contributed by atoms with van der Waals surface area (Å²) >= 11 is 0. The van der Waals surface area contributed by atoms with Gasteiger partial charge in [-0.3, -0.25) is 4.98 Å². The lowest BCUT2D eigenvalue weighted by Gasteiger charge is -2.20. The molecule has 0 spiro atoms. The second kappa shape index (κ2) is 5.46. The smallest absolute Gasteiger partial charge is 0.241 e. The Bertz CT molecular complexity index is 732. The highest BCUT2D eigenvalue weighted by atomic mass is 32.2. The maximum absolute atomic E-state index is 12.3. The van der Waals surface area contributed by atoms with Crippen LogP contribution in [-0.4, -0.2) is 24.0 Å². The molecule has 1 aromatic heterocycles. The summed E-state index contributed by atoms with van der Waals surface area (Å²) in [7, 11) is -3.58. The zero-order valence-electron chi connectivity index (χ0n) is 12.2. The van der Waals surface area contributed by atoms with Crippen molar-refractivity contribution in [1.82, 2.24) is 9.71 Å². The molecule has 2 aromatic rings. The second-order valence-electron chi connectivity index (χ2n) is 5.78. The molecule has 0 saturated heterocycles. The molecule has 0 amide bonds. The third-order valence-corrected chi connectivity index (χ3v) is 4.38. The van der Waals surface area contributed by atoms with Crippen molar-refractivity contribution in [3.05, 3.63) is 42.6 Å². The summed E-state index contributed by atoms with van der Waals surface area (Å²) in [5.41, 5.74) is 0.721. The lowest BCUT2D eigenvalue weighted by atomic mass is 10.1. The van der Waals surface area contributed by atoms with Crippen molar-refractivity contribution in [2.75, 3.05) is 0 Å². The predicted molar refractivity (Wildman–Crippen MR) is 81.4 cm³/mol. The minimum absolute atomic E-state index is 0.0666. The lowest BCUT2D eigenvalue weighted by Crippen LogP contribution is -2.40. The molecule has 5 nitrogen and oxygen atoms in total. The van der Waals surface area contributed by atoms with E-state index in [1.54, 1.807) is 45.0 Å². The maximum Gasteiger partial charge on any atom is 0.241 e. The predicted octanol–water partition coefficient (Wildman–Crippen LogP) is 2.53. The molecule has 2 rings (SSSR count). The zero-order valence-corrected chi connectivity index (χ0v) is 13.0. The van der Waals surface area contributed by atoms with Gasteiger partial charge in [-0.05, 0) is 45.0 Å². The summed E-state index contributed by atoms with van der Waals surface area (Å²) in [6.07, 6.45) is 1.32. The van der Waals surface area contributed by atoms with Crippen LogP contribution in [0.25, 0.3) is 11.3 Å². The van der Waals surface area contributed by atoms with Crippen LogP contribution in [0, 0.1) is 0 Å². The molecule has 0 unspecified atom stereocenters. The first kappa shape index (κ1) is 15.5. The number of sulfonamides is 1. The average Bonchev–Trinajstić information content (AvgIpc) is 2.37. The summed E-state index contributed by atoms with van der Waals surface area (Å²) in [4.78, 5) is 4.27. The van der Waals surface area contributed by atoms with Gasteiger partial charge in [-0.25, -0.2) is 13.1 Å². The Morgan fingerprint density at radius 1 is 1.14 bits per heavy atom. The van der Waals surface area contributed by atoms with Crippen LogP contribution in [0.1, 0.15) is 20.8 Å². The fraction of sp³-hybridized carbons (Fsp3) is 0.267. The van der Waals surface area contributed by atoms with Gasteiger partial charge in [0.05, 0.1) is 16.8 Å². The van der Waals surface area contributed by atoms with E-state index in [9.17, 15) is 13.5 Å². The molecule has 112 valence electrons. The highest BCUT2D eigenvalue weighted by Crippen LogP contribution is 2.22. The van der Waals surface area contributed by atoms with E-state index in [1.165, 1.54) is 18.3 Å². The zero-order chi connectivity index (χ0) is 15.7. The molecule has 2 N–H and O–H groups in total. The molecule has 6 heteroatoms.